The molecule has 0 aliphatic rings. The van der Waals surface area contributed by atoms with Crippen molar-refractivity contribution in [2.24, 2.45) is 0 Å². The van der Waals surface area contributed by atoms with Crippen molar-refractivity contribution in [2.75, 3.05) is 6.61 Å². The molecule has 0 bridgehead atoms. The Morgan fingerprint density at radius 3 is 2.78 bits per heavy atom. The van der Waals surface area contributed by atoms with Crippen molar-refractivity contribution in [3.05, 3.63) is 58.3 Å². The number of nitrogens with zero attached hydrogens (tertiary/aromatic N) is 1. The first-order chi connectivity index (χ1) is 8.81. The smallest absolute Gasteiger partial charge is 0.138 e. The van der Waals surface area contributed by atoms with Gasteiger partial charge in [0.05, 0.1) is 17.7 Å². The average molecular weight is 308 g/mol. The molecule has 0 aliphatic heterocycles. The summed E-state index contributed by atoms with van der Waals surface area (Å²) in [5, 5.41) is 9.25. The molecule has 0 amide bonds. The number of pyridine rings is 1. The first kappa shape index (κ1) is 13.1. The second-order valence-electron chi connectivity index (χ2n) is 3.81. The minimum Gasteiger partial charge on any atom is -0.492 e. The van der Waals surface area contributed by atoms with E-state index in [2.05, 4.69) is 20.9 Å². The lowest BCUT2D eigenvalue weighted by molar-refractivity contribution is 0.263. The number of aromatic nitrogens is 1. The first-order valence-corrected chi connectivity index (χ1v) is 6.51. The van der Waals surface area contributed by atoms with Gasteiger partial charge in [0.1, 0.15) is 5.75 Å². The maximum atomic E-state index is 9.25. The fraction of sp³-hybridized carbons (Fsp3) is 0.214. The summed E-state index contributed by atoms with van der Waals surface area (Å²) in [6.45, 7) is 0.505. The molecular formula is C14H14BrNO2. The molecule has 2 rings (SSSR count). The molecule has 0 saturated heterocycles. The highest BCUT2D eigenvalue weighted by Gasteiger charge is 2.07. The van der Waals surface area contributed by atoms with Gasteiger partial charge < -0.3 is 9.84 Å². The molecule has 0 atom stereocenters. The Labute approximate surface area is 115 Å². The van der Waals surface area contributed by atoms with E-state index in [0.717, 1.165) is 22.2 Å². The molecule has 0 radical (unpaired) electrons. The zero-order valence-corrected chi connectivity index (χ0v) is 11.4. The summed E-state index contributed by atoms with van der Waals surface area (Å²) < 4.78 is 6.57. The van der Waals surface area contributed by atoms with Crippen LogP contribution in [0.15, 0.2) is 47.1 Å². The van der Waals surface area contributed by atoms with Crippen LogP contribution in [-0.2, 0) is 13.0 Å². The van der Waals surface area contributed by atoms with Gasteiger partial charge in [-0.3, -0.25) is 4.98 Å². The van der Waals surface area contributed by atoms with Gasteiger partial charge in [-0.05, 0) is 34.1 Å². The van der Waals surface area contributed by atoms with E-state index >= 15 is 0 Å². The number of aliphatic hydroxyl groups is 1. The fourth-order valence-electron chi connectivity index (χ4n) is 1.64. The Balaban J connectivity index is 1.98. The van der Waals surface area contributed by atoms with Crippen molar-refractivity contribution in [3.63, 3.8) is 0 Å². The molecule has 2 aromatic rings. The Hall–Kier alpha value is -1.39. The molecular weight excluding hydrogens is 294 g/mol. The van der Waals surface area contributed by atoms with Gasteiger partial charge in [0.15, 0.2) is 0 Å². The van der Waals surface area contributed by atoms with E-state index in [4.69, 9.17) is 4.74 Å². The van der Waals surface area contributed by atoms with Gasteiger partial charge in [-0.15, -0.1) is 0 Å². The molecule has 1 heterocycles. The highest BCUT2D eigenvalue weighted by Crippen LogP contribution is 2.29. The summed E-state index contributed by atoms with van der Waals surface area (Å²) in [6.07, 6.45) is 2.51. The van der Waals surface area contributed by atoms with E-state index in [1.54, 1.807) is 6.20 Å². The van der Waals surface area contributed by atoms with Crippen LogP contribution in [0.4, 0.5) is 0 Å². The summed E-state index contributed by atoms with van der Waals surface area (Å²) in [4.78, 5) is 4.23. The predicted molar refractivity (Wildman–Crippen MR) is 73.5 cm³/mol. The van der Waals surface area contributed by atoms with Gasteiger partial charge in [-0.25, -0.2) is 0 Å². The maximum Gasteiger partial charge on any atom is 0.138 e. The number of ether oxygens (including phenoxy) is 1. The van der Waals surface area contributed by atoms with Crippen molar-refractivity contribution in [1.82, 2.24) is 4.98 Å². The Bertz CT molecular complexity index is 502. The van der Waals surface area contributed by atoms with E-state index in [1.165, 1.54) is 0 Å². The molecule has 3 nitrogen and oxygen atoms in total. The summed E-state index contributed by atoms with van der Waals surface area (Å²) in [5.41, 5.74) is 1.78. The normalized spacial score (nSPS) is 10.3. The molecule has 0 fully saturated rings. The molecule has 0 spiro atoms. The van der Waals surface area contributed by atoms with Crippen molar-refractivity contribution in [1.29, 1.82) is 0 Å². The monoisotopic (exact) mass is 307 g/mol. The number of hydrogen-bond donors (Lipinski definition) is 1. The molecule has 0 saturated carbocycles. The lowest BCUT2D eigenvalue weighted by Crippen LogP contribution is -2.05. The number of para-hydroxylation sites is 1. The summed E-state index contributed by atoms with van der Waals surface area (Å²) >= 11 is 3.42. The summed E-state index contributed by atoms with van der Waals surface area (Å²) in [7, 11) is 0. The van der Waals surface area contributed by atoms with Crippen LogP contribution in [-0.4, -0.2) is 16.7 Å². The fourth-order valence-corrected chi connectivity index (χ4v) is 2.17. The van der Waals surface area contributed by atoms with Gasteiger partial charge in [0, 0.05) is 23.9 Å². The number of benzene rings is 1. The molecule has 1 aromatic carbocycles. The number of rotatable bonds is 5. The maximum absolute atomic E-state index is 9.25. The molecule has 4 heteroatoms. The predicted octanol–water partition coefficient (Wildman–Crippen LogP) is 2.96. The van der Waals surface area contributed by atoms with Crippen molar-refractivity contribution < 1.29 is 9.84 Å². The Morgan fingerprint density at radius 2 is 2.06 bits per heavy atom. The lowest BCUT2D eigenvalue weighted by atomic mass is 10.2. The quantitative estimate of drug-likeness (QED) is 0.923. The van der Waals surface area contributed by atoms with Crippen LogP contribution in [0.1, 0.15) is 11.3 Å². The molecule has 94 valence electrons. The largest absolute Gasteiger partial charge is 0.492 e. The third-order valence-electron chi connectivity index (χ3n) is 2.55. The van der Waals surface area contributed by atoms with Gasteiger partial charge >= 0.3 is 0 Å². The van der Waals surface area contributed by atoms with Gasteiger partial charge in [-0.1, -0.05) is 18.2 Å². The van der Waals surface area contributed by atoms with Crippen LogP contribution < -0.4 is 4.74 Å². The molecule has 18 heavy (non-hydrogen) atoms. The van der Waals surface area contributed by atoms with Gasteiger partial charge in [-0.2, -0.15) is 0 Å². The van der Waals surface area contributed by atoms with Crippen molar-refractivity contribution in [2.45, 2.75) is 13.0 Å². The third-order valence-corrected chi connectivity index (χ3v) is 3.17. The molecule has 1 N–H and O–H groups in total. The highest BCUT2D eigenvalue weighted by molar-refractivity contribution is 9.10. The second kappa shape index (κ2) is 6.52. The number of aliphatic hydroxyl groups excluding tert-OH is 1. The van der Waals surface area contributed by atoms with Crippen LogP contribution in [0, 0.1) is 0 Å². The first-order valence-electron chi connectivity index (χ1n) is 5.72. The topological polar surface area (TPSA) is 42.4 Å². The SMILES string of the molecule is OCc1cccc(Br)c1OCCc1ccccn1. The van der Waals surface area contributed by atoms with Crippen molar-refractivity contribution in [3.8, 4) is 5.75 Å². The van der Waals surface area contributed by atoms with Gasteiger partial charge in [0.25, 0.3) is 0 Å². The highest BCUT2D eigenvalue weighted by atomic mass is 79.9. The summed E-state index contributed by atoms with van der Waals surface area (Å²) in [5.74, 6) is 0.705. The van der Waals surface area contributed by atoms with Crippen molar-refractivity contribution >= 4 is 15.9 Å². The Morgan fingerprint density at radius 1 is 1.17 bits per heavy atom. The van der Waals surface area contributed by atoms with Crippen LogP contribution >= 0.6 is 15.9 Å². The van der Waals surface area contributed by atoms with Crippen LogP contribution in [0.3, 0.4) is 0 Å². The van der Waals surface area contributed by atoms with E-state index in [1.807, 2.05) is 36.4 Å². The summed E-state index contributed by atoms with van der Waals surface area (Å²) in [6, 6.07) is 11.4. The van der Waals surface area contributed by atoms with E-state index in [-0.39, 0.29) is 6.61 Å². The number of halogens is 1. The average Bonchev–Trinajstić information content (AvgIpc) is 2.41. The number of hydrogen-bond acceptors (Lipinski definition) is 3. The molecule has 1 aromatic heterocycles. The lowest BCUT2D eigenvalue weighted by Gasteiger charge is -2.11. The second-order valence-corrected chi connectivity index (χ2v) is 4.66. The third kappa shape index (κ3) is 3.31. The van der Waals surface area contributed by atoms with Crippen LogP contribution in [0.25, 0.3) is 0 Å². The minimum atomic E-state index is -0.0294. The van der Waals surface area contributed by atoms with Gasteiger partial charge in [0.2, 0.25) is 0 Å². The van der Waals surface area contributed by atoms with E-state index in [0.29, 0.717) is 12.4 Å². The van der Waals surface area contributed by atoms with Crippen LogP contribution in [0.2, 0.25) is 0 Å². The zero-order valence-electron chi connectivity index (χ0n) is 9.84. The zero-order chi connectivity index (χ0) is 12.8. The standard InChI is InChI=1S/C14H14BrNO2/c15-13-6-3-4-11(10-17)14(13)18-9-7-12-5-1-2-8-16-12/h1-6,8,17H,7,9-10H2. The molecule has 0 unspecified atom stereocenters. The van der Waals surface area contributed by atoms with E-state index < -0.39 is 0 Å². The minimum absolute atomic E-state index is 0.0294. The van der Waals surface area contributed by atoms with Crippen LogP contribution in [0.5, 0.6) is 5.75 Å². The Kier molecular flexibility index (Phi) is 4.73. The van der Waals surface area contributed by atoms with E-state index in [9.17, 15) is 5.11 Å². The molecule has 0 aliphatic carbocycles.